The van der Waals surface area contributed by atoms with E-state index in [1.807, 2.05) is 0 Å². The Bertz CT molecular complexity index is 104. The summed E-state index contributed by atoms with van der Waals surface area (Å²) in [4.78, 5) is 0. The predicted molar refractivity (Wildman–Crippen MR) is 44.0 cm³/mol. The maximum absolute atomic E-state index is 5.67. The van der Waals surface area contributed by atoms with Crippen molar-refractivity contribution in [3.63, 3.8) is 0 Å². The van der Waals surface area contributed by atoms with Gasteiger partial charge in [0.2, 0.25) is 0 Å². The molecule has 0 bridgehead atoms. The first-order valence-electron chi connectivity index (χ1n) is 3.33. The highest BCUT2D eigenvalue weighted by Gasteiger charge is 2.18. The van der Waals surface area contributed by atoms with E-state index in [1.165, 1.54) is 0 Å². The second kappa shape index (κ2) is 4.47. The highest BCUT2D eigenvalue weighted by atomic mass is 35.5. The largest absolute Gasteiger partial charge is 0.332 e. The molecule has 0 aromatic heterocycles. The van der Waals surface area contributed by atoms with Gasteiger partial charge in [-0.05, 0) is 6.42 Å². The fraction of sp³-hybridized carbons (Fsp3) is 1.00. The SMILES string of the molecule is NP1OCCCN1CCCl. The van der Waals surface area contributed by atoms with Gasteiger partial charge in [-0.3, -0.25) is 5.50 Å². The average Bonchev–Trinajstić information content (AvgIpc) is 1.94. The molecule has 1 atom stereocenters. The van der Waals surface area contributed by atoms with E-state index in [0.29, 0.717) is 5.88 Å². The Balaban J connectivity index is 2.25. The molecule has 1 heterocycles. The minimum Gasteiger partial charge on any atom is -0.332 e. The second-order valence-electron chi connectivity index (χ2n) is 2.13. The van der Waals surface area contributed by atoms with Crippen molar-refractivity contribution in [1.82, 2.24) is 4.67 Å². The summed E-state index contributed by atoms with van der Waals surface area (Å²) in [5.41, 5.74) is 5.67. The minimum atomic E-state index is -0.812. The molecule has 0 saturated carbocycles. The highest BCUT2D eigenvalue weighted by Crippen LogP contribution is 2.35. The van der Waals surface area contributed by atoms with E-state index >= 15 is 0 Å². The molecule has 0 aromatic carbocycles. The lowest BCUT2D eigenvalue weighted by atomic mass is 10.4. The minimum absolute atomic E-state index is 0.638. The molecular formula is C5H12ClN2OP. The Hall–Kier alpha value is 0.600. The molecule has 2 N–H and O–H groups in total. The van der Waals surface area contributed by atoms with Crippen molar-refractivity contribution in [2.24, 2.45) is 5.50 Å². The Kier molecular flexibility index (Phi) is 3.89. The van der Waals surface area contributed by atoms with E-state index in [9.17, 15) is 0 Å². The average molecular weight is 183 g/mol. The molecule has 5 heteroatoms. The molecule has 60 valence electrons. The maximum Gasteiger partial charge on any atom is 0.182 e. The Morgan fingerprint density at radius 1 is 1.70 bits per heavy atom. The molecule has 1 aliphatic rings. The number of hydrogen-bond acceptors (Lipinski definition) is 3. The van der Waals surface area contributed by atoms with Gasteiger partial charge >= 0.3 is 0 Å². The van der Waals surface area contributed by atoms with Crippen molar-refractivity contribution >= 4 is 20.1 Å². The van der Waals surface area contributed by atoms with Crippen LogP contribution in [-0.4, -0.2) is 30.2 Å². The standard InChI is InChI=1S/C5H12ClN2OP/c6-2-4-8-3-1-5-9-10(8)7/h1-5,7H2. The van der Waals surface area contributed by atoms with Gasteiger partial charge in [0.05, 0.1) is 6.61 Å². The van der Waals surface area contributed by atoms with Crippen molar-refractivity contribution in [1.29, 1.82) is 0 Å². The van der Waals surface area contributed by atoms with Crippen molar-refractivity contribution in [2.75, 3.05) is 25.6 Å². The molecule has 0 spiro atoms. The van der Waals surface area contributed by atoms with Crippen molar-refractivity contribution in [3.05, 3.63) is 0 Å². The summed E-state index contributed by atoms with van der Waals surface area (Å²) in [6.07, 6.45) is 1.08. The molecule has 1 unspecified atom stereocenters. The zero-order chi connectivity index (χ0) is 7.40. The zero-order valence-electron chi connectivity index (χ0n) is 5.79. The summed E-state index contributed by atoms with van der Waals surface area (Å²) in [7, 11) is -0.812. The topological polar surface area (TPSA) is 38.5 Å². The number of nitrogens with two attached hydrogens (primary N) is 1. The predicted octanol–water partition coefficient (Wildman–Crippen LogP) is 1.13. The van der Waals surface area contributed by atoms with Crippen LogP contribution in [0.25, 0.3) is 0 Å². The van der Waals surface area contributed by atoms with Crippen LogP contribution in [0, 0.1) is 0 Å². The van der Waals surface area contributed by atoms with Gasteiger partial charge in [-0.15, -0.1) is 11.6 Å². The quantitative estimate of drug-likeness (QED) is 0.514. The molecule has 1 aliphatic heterocycles. The molecular weight excluding hydrogens is 170 g/mol. The molecule has 1 fully saturated rings. The van der Waals surface area contributed by atoms with Crippen LogP contribution >= 0.6 is 20.1 Å². The summed E-state index contributed by atoms with van der Waals surface area (Å²) >= 11 is 5.56. The third-order valence-corrected chi connectivity index (χ3v) is 2.98. The molecule has 0 aliphatic carbocycles. The first-order chi connectivity index (χ1) is 4.84. The molecule has 1 saturated heterocycles. The lowest BCUT2D eigenvalue weighted by Gasteiger charge is -2.30. The molecule has 10 heavy (non-hydrogen) atoms. The second-order valence-corrected chi connectivity index (χ2v) is 3.94. The van der Waals surface area contributed by atoms with E-state index in [0.717, 1.165) is 26.1 Å². The summed E-state index contributed by atoms with van der Waals surface area (Å²) < 4.78 is 7.36. The van der Waals surface area contributed by atoms with Gasteiger partial charge in [-0.2, -0.15) is 0 Å². The normalized spacial score (nSPS) is 28.8. The van der Waals surface area contributed by atoms with Crippen LogP contribution in [0.3, 0.4) is 0 Å². The Morgan fingerprint density at radius 3 is 3.10 bits per heavy atom. The van der Waals surface area contributed by atoms with Crippen molar-refractivity contribution in [2.45, 2.75) is 6.42 Å². The smallest absolute Gasteiger partial charge is 0.182 e. The van der Waals surface area contributed by atoms with Crippen LogP contribution in [-0.2, 0) is 4.52 Å². The summed E-state index contributed by atoms with van der Waals surface area (Å²) in [5, 5.41) is 0. The van der Waals surface area contributed by atoms with Gasteiger partial charge < -0.3 is 4.52 Å². The number of halogens is 1. The lowest BCUT2D eigenvalue weighted by molar-refractivity contribution is 0.248. The van der Waals surface area contributed by atoms with Gasteiger partial charge in [-0.25, -0.2) is 4.67 Å². The van der Waals surface area contributed by atoms with Crippen LogP contribution in [0.1, 0.15) is 6.42 Å². The fourth-order valence-electron chi connectivity index (χ4n) is 0.893. The molecule has 0 amide bonds. The van der Waals surface area contributed by atoms with Crippen LogP contribution < -0.4 is 5.50 Å². The number of rotatable bonds is 2. The first kappa shape index (κ1) is 8.69. The van der Waals surface area contributed by atoms with E-state index in [2.05, 4.69) is 4.67 Å². The third-order valence-electron chi connectivity index (χ3n) is 1.41. The fourth-order valence-corrected chi connectivity index (χ4v) is 2.33. The monoisotopic (exact) mass is 182 g/mol. The van der Waals surface area contributed by atoms with Gasteiger partial charge in [0.25, 0.3) is 0 Å². The van der Waals surface area contributed by atoms with Gasteiger partial charge in [0.1, 0.15) is 0 Å². The van der Waals surface area contributed by atoms with E-state index < -0.39 is 8.45 Å². The Labute approximate surface area is 67.4 Å². The van der Waals surface area contributed by atoms with Crippen LogP contribution in [0.4, 0.5) is 0 Å². The van der Waals surface area contributed by atoms with E-state index in [4.69, 9.17) is 21.6 Å². The molecule has 3 nitrogen and oxygen atoms in total. The van der Waals surface area contributed by atoms with Crippen LogP contribution in [0.2, 0.25) is 0 Å². The van der Waals surface area contributed by atoms with Crippen molar-refractivity contribution in [3.8, 4) is 0 Å². The van der Waals surface area contributed by atoms with Gasteiger partial charge in [0.15, 0.2) is 8.45 Å². The van der Waals surface area contributed by atoms with E-state index in [-0.39, 0.29) is 0 Å². The van der Waals surface area contributed by atoms with Gasteiger partial charge in [-0.1, -0.05) is 0 Å². The summed E-state index contributed by atoms with van der Waals surface area (Å²) in [5.74, 6) is 0.638. The molecule has 0 aromatic rings. The number of alkyl halides is 1. The Morgan fingerprint density at radius 2 is 2.50 bits per heavy atom. The molecule has 0 radical (unpaired) electrons. The number of hydrogen-bond donors (Lipinski definition) is 1. The third kappa shape index (κ3) is 2.33. The zero-order valence-corrected chi connectivity index (χ0v) is 7.44. The summed E-state index contributed by atoms with van der Waals surface area (Å²) in [6, 6.07) is 0. The lowest BCUT2D eigenvalue weighted by Crippen LogP contribution is -2.30. The van der Waals surface area contributed by atoms with E-state index in [1.54, 1.807) is 0 Å². The molecule has 1 rings (SSSR count). The van der Waals surface area contributed by atoms with Crippen LogP contribution in [0.5, 0.6) is 0 Å². The van der Waals surface area contributed by atoms with Gasteiger partial charge in [0, 0.05) is 19.0 Å². The maximum atomic E-state index is 5.67. The van der Waals surface area contributed by atoms with Crippen LogP contribution in [0.15, 0.2) is 0 Å². The summed E-state index contributed by atoms with van der Waals surface area (Å²) in [6.45, 7) is 2.69. The van der Waals surface area contributed by atoms with Crippen molar-refractivity contribution < 1.29 is 4.52 Å². The first-order valence-corrected chi connectivity index (χ1v) is 5.15. The highest BCUT2D eigenvalue weighted by molar-refractivity contribution is 7.47. The number of nitrogens with zero attached hydrogens (tertiary/aromatic N) is 1.